The van der Waals surface area contributed by atoms with Crippen LogP contribution in [0.15, 0.2) is 54.6 Å². The minimum atomic E-state index is -0.909. The molecule has 7 heteroatoms. The van der Waals surface area contributed by atoms with Gasteiger partial charge in [-0.3, -0.25) is 4.79 Å². The first-order chi connectivity index (χ1) is 16.8. The van der Waals surface area contributed by atoms with Crippen molar-refractivity contribution in [2.24, 2.45) is 5.92 Å². The molecule has 0 spiro atoms. The van der Waals surface area contributed by atoms with Gasteiger partial charge in [-0.2, -0.15) is 0 Å². The molecule has 0 unspecified atom stereocenters. The quantitative estimate of drug-likeness (QED) is 0.392. The summed E-state index contributed by atoms with van der Waals surface area (Å²) in [7, 11) is 0. The van der Waals surface area contributed by atoms with Gasteiger partial charge in [-0.1, -0.05) is 44.2 Å². The summed E-state index contributed by atoms with van der Waals surface area (Å²) in [6.07, 6.45) is 1.45. The van der Waals surface area contributed by atoms with Gasteiger partial charge in [0.25, 0.3) is 5.91 Å². The number of aryl methyl sites for hydroxylation is 1. The van der Waals surface area contributed by atoms with Crippen LogP contribution in [0.4, 0.5) is 14.7 Å². The minimum Gasteiger partial charge on any atom is -0.368 e. The number of fused-ring (bicyclic) bond motifs is 2. The van der Waals surface area contributed by atoms with E-state index in [9.17, 15) is 13.6 Å². The van der Waals surface area contributed by atoms with Crippen molar-refractivity contribution < 1.29 is 13.6 Å². The van der Waals surface area contributed by atoms with Crippen LogP contribution >= 0.6 is 0 Å². The van der Waals surface area contributed by atoms with E-state index in [1.807, 2.05) is 24.3 Å². The van der Waals surface area contributed by atoms with Gasteiger partial charge in [0.15, 0.2) is 11.6 Å². The summed E-state index contributed by atoms with van der Waals surface area (Å²) >= 11 is 0. The second-order valence-electron chi connectivity index (χ2n) is 9.45. The fourth-order valence-corrected chi connectivity index (χ4v) is 4.61. The lowest BCUT2D eigenvalue weighted by Crippen LogP contribution is -2.27. The Morgan fingerprint density at radius 2 is 1.69 bits per heavy atom. The van der Waals surface area contributed by atoms with Crippen LogP contribution < -0.4 is 5.73 Å². The Kier molecular flexibility index (Phi) is 5.93. The van der Waals surface area contributed by atoms with E-state index in [1.54, 1.807) is 23.1 Å². The fraction of sp³-hybridized carbons (Fsp3) is 0.250. The molecule has 35 heavy (non-hydrogen) atoms. The highest BCUT2D eigenvalue weighted by Gasteiger charge is 2.27. The first-order valence-corrected chi connectivity index (χ1v) is 11.7. The predicted octanol–water partition coefficient (Wildman–Crippen LogP) is 5.90. The van der Waals surface area contributed by atoms with E-state index in [0.29, 0.717) is 47.5 Å². The molecule has 2 heterocycles. The van der Waals surface area contributed by atoms with Gasteiger partial charge >= 0.3 is 0 Å². The number of carbonyl (C=O) groups is 1. The molecule has 1 aliphatic rings. The van der Waals surface area contributed by atoms with E-state index in [4.69, 9.17) is 5.73 Å². The van der Waals surface area contributed by atoms with Gasteiger partial charge in [0.1, 0.15) is 5.69 Å². The first-order valence-electron chi connectivity index (χ1n) is 11.7. The van der Waals surface area contributed by atoms with Gasteiger partial charge in [0, 0.05) is 18.5 Å². The molecule has 0 saturated heterocycles. The van der Waals surface area contributed by atoms with Crippen molar-refractivity contribution in [3.8, 4) is 11.1 Å². The van der Waals surface area contributed by atoms with Crippen LogP contribution in [0.5, 0.6) is 0 Å². The average Bonchev–Trinajstić information content (AvgIpc) is 3.27. The van der Waals surface area contributed by atoms with Crippen molar-refractivity contribution in [3.05, 3.63) is 88.6 Å². The van der Waals surface area contributed by atoms with E-state index in [2.05, 4.69) is 23.8 Å². The summed E-state index contributed by atoms with van der Waals surface area (Å²) in [6.45, 7) is 5.16. The molecule has 5 nitrogen and oxygen atoms in total. The van der Waals surface area contributed by atoms with Crippen LogP contribution in [0.25, 0.3) is 22.0 Å². The Balaban J connectivity index is 1.59. The molecule has 4 aromatic rings. The molecule has 1 amide bonds. The molecule has 0 fully saturated rings. The SMILES string of the molecule is CC(C)CCc1cc(F)c(F)cc1-c1ccc2nc(N)nc(C(=O)N3Cc4ccccc4C3)c2c1. The lowest BCUT2D eigenvalue weighted by atomic mass is 9.93. The standard InChI is InChI=1S/C28H26F2N4O/c1-16(2)7-8-18-12-23(29)24(30)13-21(18)17-9-10-25-22(11-17)26(33-28(31)32-25)27(35)34-14-19-5-3-4-6-20(19)15-34/h3-6,9-13,16H,7-8,14-15H2,1-2H3,(H2,31,32,33). The highest BCUT2D eigenvalue weighted by atomic mass is 19.2. The van der Waals surface area contributed by atoms with E-state index in [1.165, 1.54) is 12.1 Å². The predicted molar refractivity (Wildman–Crippen MR) is 132 cm³/mol. The normalized spacial score (nSPS) is 13.0. The molecule has 1 aromatic heterocycles. The number of nitrogens with zero attached hydrogens (tertiary/aromatic N) is 3. The maximum Gasteiger partial charge on any atom is 0.273 e. The zero-order valence-electron chi connectivity index (χ0n) is 19.7. The average molecular weight is 473 g/mol. The number of halogens is 2. The Morgan fingerprint density at radius 3 is 2.37 bits per heavy atom. The molecule has 2 N–H and O–H groups in total. The van der Waals surface area contributed by atoms with E-state index < -0.39 is 11.6 Å². The number of aromatic nitrogens is 2. The second-order valence-corrected chi connectivity index (χ2v) is 9.45. The summed E-state index contributed by atoms with van der Waals surface area (Å²) < 4.78 is 28.4. The van der Waals surface area contributed by atoms with Crippen molar-refractivity contribution in [1.82, 2.24) is 14.9 Å². The number of rotatable bonds is 5. The summed E-state index contributed by atoms with van der Waals surface area (Å²) in [5.74, 6) is -1.60. The third kappa shape index (κ3) is 4.46. The molecular formula is C28H26F2N4O. The van der Waals surface area contributed by atoms with Gasteiger partial charge in [-0.15, -0.1) is 0 Å². The Labute approximate surface area is 202 Å². The van der Waals surface area contributed by atoms with Crippen molar-refractivity contribution in [3.63, 3.8) is 0 Å². The zero-order chi connectivity index (χ0) is 24.7. The molecule has 5 rings (SSSR count). The van der Waals surface area contributed by atoms with Crippen molar-refractivity contribution >= 4 is 22.8 Å². The molecule has 178 valence electrons. The van der Waals surface area contributed by atoms with Crippen molar-refractivity contribution in [2.75, 3.05) is 5.73 Å². The second kappa shape index (κ2) is 9.06. The monoisotopic (exact) mass is 472 g/mol. The third-order valence-corrected chi connectivity index (χ3v) is 6.49. The van der Waals surface area contributed by atoms with Gasteiger partial charge in [0.05, 0.1) is 5.52 Å². The van der Waals surface area contributed by atoms with Crippen LogP contribution in [-0.4, -0.2) is 20.8 Å². The van der Waals surface area contributed by atoms with Crippen LogP contribution in [-0.2, 0) is 19.5 Å². The molecule has 0 bridgehead atoms. The highest BCUT2D eigenvalue weighted by Crippen LogP contribution is 2.32. The van der Waals surface area contributed by atoms with Gasteiger partial charge in [0.2, 0.25) is 5.95 Å². The topological polar surface area (TPSA) is 72.1 Å². The summed E-state index contributed by atoms with van der Waals surface area (Å²) in [4.78, 5) is 23.9. The van der Waals surface area contributed by atoms with Crippen LogP contribution in [0.1, 0.15) is 47.4 Å². The summed E-state index contributed by atoms with van der Waals surface area (Å²) in [5, 5.41) is 0.525. The van der Waals surface area contributed by atoms with Crippen molar-refractivity contribution in [1.29, 1.82) is 0 Å². The molecular weight excluding hydrogens is 446 g/mol. The maximum atomic E-state index is 14.3. The van der Waals surface area contributed by atoms with E-state index >= 15 is 0 Å². The maximum absolute atomic E-state index is 14.3. The van der Waals surface area contributed by atoms with Crippen LogP contribution in [0, 0.1) is 17.6 Å². The lowest BCUT2D eigenvalue weighted by Gasteiger charge is -2.17. The summed E-state index contributed by atoms with van der Waals surface area (Å²) in [6, 6.07) is 15.7. The molecule has 1 aliphatic heterocycles. The van der Waals surface area contributed by atoms with E-state index in [0.717, 1.165) is 23.1 Å². The molecule has 3 aromatic carbocycles. The lowest BCUT2D eigenvalue weighted by molar-refractivity contribution is 0.0747. The van der Waals surface area contributed by atoms with Gasteiger partial charge < -0.3 is 10.6 Å². The molecule has 0 saturated carbocycles. The Hall–Kier alpha value is -3.87. The highest BCUT2D eigenvalue weighted by molar-refractivity contribution is 6.06. The molecule has 0 atom stereocenters. The number of hydrogen-bond donors (Lipinski definition) is 1. The number of carbonyl (C=O) groups excluding carboxylic acids is 1. The summed E-state index contributed by atoms with van der Waals surface area (Å²) in [5.41, 5.74) is 10.8. The zero-order valence-corrected chi connectivity index (χ0v) is 19.7. The number of amides is 1. The van der Waals surface area contributed by atoms with Gasteiger partial charge in [-0.05, 0) is 70.8 Å². The first kappa shape index (κ1) is 22.9. The number of nitrogens with two attached hydrogens (primary N) is 1. The largest absolute Gasteiger partial charge is 0.368 e. The Bertz CT molecular complexity index is 1430. The van der Waals surface area contributed by atoms with Crippen LogP contribution in [0.3, 0.4) is 0 Å². The fourth-order valence-electron chi connectivity index (χ4n) is 4.61. The third-order valence-electron chi connectivity index (χ3n) is 6.49. The smallest absolute Gasteiger partial charge is 0.273 e. The molecule has 0 aliphatic carbocycles. The van der Waals surface area contributed by atoms with Gasteiger partial charge in [-0.25, -0.2) is 18.7 Å². The number of benzene rings is 3. The Morgan fingerprint density at radius 1 is 1.00 bits per heavy atom. The number of anilines is 1. The van der Waals surface area contributed by atoms with Crippen LogP contribution in [0.2, 0.25) is 0 Å². The van der Waals surface area contributed by atoms with E-state index in [-0.39, 0.29) is 17.5 Å². The minimum absolute atomic E-state index is 0.00996. The number of nitrogen functional groups attached to an aromatic ring is 1. The molecule has 0 radical (unpaired) electrons. The van der Waals surface area contributed by atoms with Crippen molar-refractivity contribution in [2.45, 2.75) is 39.8 Å². The number of hydrogen-bond acceptors (Lipinski definition) is 4.